The van der Waals surface area contributed by atoms with Crippen LogP contribution in [0.4, 0.5) is 0 Å². The zero-order chi connectivity index (χ0) is 16.1. The van der Waals surface area contributed by atoms with E-state index in [0.717, 1.165) is 24.0 Å². The van der Waals surface area contributed by atoms with Gasteiger partial charge in [-0.05, 0) is 24.6 Å². The van der Waals surface area contributed by atoms with Gasteiger partial charge in [0.1, 0.15) is 0 Å². The average Bonchev–Trinajstić information content (AvgIpc) is 2.98. The highest BCUT2D eigenvalue weighted by atomic mass is 127. The summed E-state index contributed by atoms with van der Waals surface area (Å²) in [6.07, 6.45) is 1.95. The Labute approximate surface area is 158 Å². The molecule has 2 heterocycles. The van der Waals surface area contributed by atoms with Crippen molar-refractivity contribution in [3.8, 4) is 0 Å². The van der Waals surface area contributed by atoms with Gasteiger partial charge in [0.05, 0.1) is 6.54 Å². The third-order valence-electron chi connectivity index (χ3n) is 3.56. The number of aromatic nitrogens is 3. The van der Waals surface area contributed by atoms with Crippen LogP contribution in [0, 0.1) is 6.92 Å². The standard InChI is InChI=1S/C17H20N6.HI/c1-13-6-5-7-14(10-13)11-19-17(18-2)20-12-16-22-21-15-8-3-4-9-23(15)16;/h3-10H,11-12H2,1-2H3,(H2,18,19,20);1H. The number of aliphatic imine (C=N–C) groups is 1. The fourth-order valence-corrected chi connectivity index (χ4v) is 2.40. The van der Waals surface area contributed by atoms with Gasteiger partial charge in [0.15, 0.2) is 17.4 Å². The van der Waals surface area contributed by atoms with Gasteiger partial charge in [0.2, 0.25) is 0 Å². The number of aryl methyl sites for hydroxylation is 1. The molecule has 2 N–H and O–H groups in total. The van der Waals surface area contributed by atoms with Crippen molar-refractivity contribution in [2.24, 2.45) is 4.99 Å². The predicted octanol–water partition coefficient (Wildman–Crippen LogP) is 2.52. The van der Waals surface area contributed by atoms with Crippen molar-refractivity contribution in [3.05, 3.63) is 65.6 Å². The van der Waals surface area contributed by atoms with Crippen LogP contribution in [0.2, 0.25) is 0 Å². The first-order valence-electron chi connectivity index (χ1n) is 7.55. The van der Waals surface area contributed by atoms with Crippen molar-refractivity contribution in [2.75, 3.05) is 7.05 Å². The summed E-state index contributed by atoms with van der Waals surface area (Å²) in [5.74, 6) is 1.58. The average molecular weight is 436 g/mol. The molecule has 0 bridgehead atoms. The molecule has 0 spiro atoms. The van der Waals surface area contributed by atoms with E-state index < -0.39 is 0 Å². The van der Waals surface area contributed by atoms with Crippen LogP contribution in [0.3, 0.4) is 0 Å². The lowest BCUT2D eigenvalue weighted by Gasteiger charge is -2.11. The molecular formula is C17H21IN6. The molecule has 0 saturated carbocycles. The third kappa shape index (κ3) is 4.44. The summed E-state index contributed by atoms with van der Waals surface area (Å²) in [4.78, 5) is 4.24. The van der Waals surface area contributed by atoms with Crippen LogP contribution in [-0.4, -0.2) is 27.6 Å². The van der Waals surface area contributed by atoms with E-state index in [4.69, 9.17) is 0 Å². The molecule has 6 nitrogen and oxygen atoms in total. The molecule has 0 radical (unpaired) electrons. The summed E-state index contributed by atoms with van der Waals surface area (Å²) in [7, 11) is 1.76. The van der Waals surface area contributed by atoms with Crippen molar-refractivity contribution in [3.63, 3.8) is 0 Å². The quantitative estimate of drug-likeness (QED) is 0.375. The molecule has 24 heavy (non-hydrogen) atoms. The third-order valence-corrected chi connectivity index (χ3v) is 3.56. The van der Waals surface area contributed by atoms with Crippen LogP contribution < -0.4 is 10.6 Å². The van der Waals surface area contributed by atoms with Crippen molar-refractivity contribution in [1.82, 2.24) is 25.2 Å². The first-order chi connectivity index (χ1) is 11.3. The molecule has 0 unspecified atom stereocenters. The van der Waals surface area contributed by atoms with Gasteiger partial charge in [-0.25, -0.2) is 0 Å². The number of hydrogen-bond acceptors (Lipinski definition) is 3. The van der Waals surface area contributed by atoms with Crippen LogP contribution in [0.25, 0.3) is 5.65 Å². The minimum absolute atomic E-state index is 0. The molecule has 0 aliphatic carbocycles. The second-order valence-corrected chi connectivity index (χ2v) is 5.31. The Balaban J connectivity index is 0.00000208. The lowest BCUT2D eigenvalue weighted by Crippen LogP contribution is -2.36. The highest BCUT2D eigenvalue weighted by molar-refractivity contribution is 14.0. The van der Waals surface area contributed by atoms with Gasteiger partial charge >= 0.3 is 0 Å². The Bertz CT molecular complexity index is 827. The number of hydrogen-bond donors (Lipinski definition) is 2. The zero-order valence-electron chi connectivity index (χ0n) is 13.7. The van der Waals surface area contributed by atoms with Gasteiger partial charge in [-0.3, -0.25) is 9.39 Å². The second-order valence-electron chi connectivity index (χ2n) is 5.31. The highest BCUT2D eigenvalue weighted by Gasteiger charge is 2.05. The van der Waals surface area contributed by atoms with Crippen LogP contribution in [-0.2, 0) is 13.1 Å². The molecule has 0 aliphatic heterocycles. The molecule has 0 fully saturated rings. The van der Waals surface area contributed by atoms with Crippen LogP contribution in [0.1, 0.15) is 17.0 Å². The van der Waals surface area contributed by atoms with Gasteiger partial charge in [0, 0.05) is 19.8 Å². The van der Waals surface area contributed by atoms with Gasteiger partial charge in [0.25, 0.3) is 0 Å². The minimum Gasteiger partial charge on any atom is -0.352 e. The Hall–Kier alpha value is -2.16. The number of fused-ring (bicyclic) bond motifs is 1. The van der Waals surface area contributed by atoms with E-state index in [1.165, 1.54) is 11.1 Å². The number of guanidine groups is 1. The molecular weight excluding hydrogens is 415 g/mol. The molecule has 3 aromatic rings. The largest absolute Gasteiger partial charge is 0.352 e. The molecule has 0 atom stereocenters. The van der Waals surface area contributed by atoms with E-state index in [2.05, 4.69) is 57.0 Å². The minimum atomic E-state index is 0. The Morgan fingerprint density at radius 3 is 2.71 bits per heavy atom. The maximum atomic E-state index is 4.24. The van der Waals surface area contributed by atoms with E-state index in [-0.39, 0.29) is 24.0 Å². The van der Waals surface area contributed by atoms with Gasteiger partial charge in [-0.15, -0.1) is 34.2 Å². The molecule has 0 saturated heterocycles. The van der Waals surface area contributed by atoms with E-state index in [1.54, 1.807) is 7.05 Å². The molecule has 0 aliphatic rings. The SMILES string of the molecule is CN=C(NCc1cccc(C)c1)NCc1nnc2ccccn12.I. The second kappa shape index (κ2) is 8.62. The molecule has 0 amide bonds. The fourth-order valence-electron chi connectivity index (χ4n) is 2.40. The first kappa shape index (κ1) is 18.2. The number of nitrogens with one attached hydrogen (secondary N) is 2. The monoisotopic (exact) mass is 436 g/mol. The van der Waals surface area contributed by atoms with Crippen LogP contribution in [0.5, 0.6) is 0 Å². The van der Waals surface area contributed by atoms with Crippen LogP contribution >= 0.6 is 24.0 Å². The molecule has 7 heteroatoms. The fraction of sp³-hybridized carbons (Fsp3) is 0.235. The summed E-state index contributed by atoms with van der Waals surface area (Å²) >= 11 is 0. The number of nitrogens with zero attached hydrogens (tertiary/aromatic N) is 4. The van der Waals surface area contributed by atoms with E-state index in [9.17, 15) is 0 Å². The number of benzene rings is 1. The Morgan fingerprint density at radius 2 is 1.92 bits per heavy atom. The van der Waals surface area contributed by atoms with Crippen molar-refractivity contribution in [1.29, 1.82) is 0 Å². The lowest BCUT2D eigenvalue weighted by atomic mass is 10.1. The molecule has 1 aromatic carbocycles. The molecule has 2 aromatic heterocycles. The first-order valence-corrected chi connectivity index (χ1v) is 7.55. The summed E-state index contributed by atoms with van der Waals surface area (Å²) in [6.45, 7) is 3.37. The van der Waals surface area contributed by atoms with Gasteiger partial charge < -0.3 is 10.6 Å². The van der Waals surface area contributed by atoms with Crippen molar-refractivity contribution >= 4 is 35.6 Å². The lowest BCUT2D eigenvalue weighted by molar-refractivity contribution is 0.762. The number of halogens is 1. The molecule has 3 rings (SSSR count). The normalized spacial score (nSPS) is 11.2. The maximum absolute atomic E-state index is 4.24. The Morgan fingerprint density at radius 1 is 1.08 bits per heavy atom. The zero-order valence-corrected chi connectivity index (χ0v) is 16.1. The summed E-state index contributed by atoms with van der Waals surface area (Å²) in [5.41, 5.74) is 3.31. The topological polar surface area (TPSA) is 66.6 Å². The highest BCUT2D eigenvalue weighted by Crippen LogP contribution is 2.04. The van der Waals surface area contributed by atoms with E-state index in [0.29, 0.717) is 6.54 Å². The summed E-state index contributed by atoms with van der Waals surface area (Å²) in [6, 6.07) is 14.2. The molecule has 126 valence electrons. The summed E-state index contributed by atoms with van der Waals surface area (Å²) < 4.78 is 1.96. The smallest absolute Gasteiger partial charge is 0.191 e. The summed E-state index contributed by atoms with van der Waals surface area (Å²) in [5, 5.41) is 14.9. The van der Waals surface area contributed by atoms with Crippen LogP contribution in [0.15, 0.2) is 53.7 Å². The van der Waals surface area contributed by atoms with E-state index in [1.807, 2.05) is 28.8 Å². The number of pyridine rings is 1. The Kier molecular flexibility index (Phi) is 6.53. The number of rotatable bonds is 4. The maximum Gasteiger partial charge on any atom is 0.191 e. The van der Waals surface area contributed by atoms with Crippen molar-refractivity contribution < 1.29 is 0 Å². The van der Waals surface area contributed by atoms with Gasteiger partial charge in [-0.1, -0.05) is 35.9 Å². The predicted molar refractivity (Wildman–Crippen MR) is 107 cm³/mol. The van der Waals surface area contributed by atoms with E-state index >= 15 is 0 Å². The van der Waals surface area contributed by atoms with Gasteiger partial charge in [-0.2, -0.15) is 0 Å². The van der Waals surface area contributed by atoms with Crippen molar-refractivity contribution in [2.45, 2.75) is 20.0 Å².